The summed E-state index contributed by atoms with van der Waals surface area (Å²) in [6.45, 7) is 4.96. The maximum absolute atomic E-state index is 13.9. The van der Waals surface area contributed by atoms with E-state index in [0.717, 1.165) is 36.3 Å². The molecule has 1 aliphatic rings. The van der Waals surface area contributed by atoms with Crippen molar-refractivity contribution in [2.75, 3.05) is 13.7 Å². The number of hydrogen-bond donors (Lipinski definition) is 1. The molecule has 1 aliphatic heterocycles. The van der Waals surface area contributed by atoms with Crippen molar-refractivity contribution in [3.05, 3.63) is 28.6 Å². The Morgan fingerprint density at radius 2 is 2.28 bits per heavy atom. The summed E-state index contributed by atoms with van der Waals surface area (Å²) in [7, 11) is 1.62. The number of rotatable bonds is 4. The molecule has 0 spiro atoms. The third kappa shape index (κ3) is 2.51. The number of halogens is 1. The van der Waals surface area contributed by atoms with Crippen molar-refractivity contribution in [3.63, 3.8) is 0 Å². The zero-order chi connectivity index (χ0) is 13.1. The fraction of sp³-hybridized carbons (Fsp3) is 0.600. The highest BCUT2D eigenvalue weighted by molar-refractivity contribution is 5.47. The van der Waals surface area contributed by atoms with Gasteiger partial charge in [-0.05, 0) is 56.3 Å². The molecular formula is C15H22FNO. The van der Waals surface area contributed by atoms with Gasteiger partial charge in [0.05, 0.1) is 7.11 Å². The predicted octanol–water partition coefficient (Wildman–Crippen LogP) is 3.00. The first-order valence-corrected chi connectivity index (χ1v) is 6.75. The van der Waals surface area contributed by atoms with Crippen molar-refractivity contribution < 1.29 is 9.13 Å². The Hall–Kier alpha value is -1.09. The molecule has 0 bridgehead atoms. The van der Waals surface area contributed by atoms with Crippen LogP contribution < -0.4 is 10.1 Å². The van der Waals surface area contributed by atoms with E-state index < -0.39 is 0 Å². The Morgan fingerprint density at radius 3 is 2.83 bits per heavy atom. The van der Waals surface area contributed by atoms with Crippen LogP contribution in [-0.2, 0) is 12.8 Å². The zero-order valence-corrected chi connectivity index (χ0v) is 11.5. The highest BCUT2D eigenvalue weighted by atomic mass is 19.1. The third-order valence-corrected chi connectivity index (χ3v) is 3.85. The lowest BCUT2D eigenvalue weighted by Gasteiger charge is -2.18. The Balaban J connectivity index is 2.35. The highest BCUT2D eigenvalue weighted by Gasteiger charge is 2.20. The lowest BCUT2D eigenvalue weighted by molar-refractivity contribution is 0.401. The van der Waals surface area contributed by atoms with Crippen molar-refractivity contribution in [1.82, 2.24) is 5.32 Å². The molecule has 0 aliphatic carbocycles. The summed E-state index contributed by atoms with van der Waals surface area (Å²) in [5.74, 6) is 0.572. The van der Waals surface area contributed by atoms with Gasteiger partial charge in [-0.3, -0.25) is 0 Å². The molecule has 100 valence electrons. The molecule has 0 amide bonds. The first kappa shape index (κ1) is 13.3. The van der Waals surface area contributed by atoms with E-state index in [1.807, 2.05) is 0 Å². The summed E-state index contributed by atoms with van der Waals surface area (Å²) in [5.41, 5.74) is 2.87. The number of methoxy groups -OCH3 is 1. The zero-order valence-electron chi connectivity index (χ0n) is 11.5. The molecular weight excluding hydrogens is 229 g/mol. The lowest BCUT2D eigenvalue weighted by atomic mass is 9.94. The van der Waals surface area contributed by atoms with Crippen LogP contribution in [0, 0.1) is 12.7 Å². The monoisotopic (exact) mass is 251 g/mol. The van der Waals surface area contributed by atoms with Gasteiger partial charge >= 0.3 is 0 Å². The van der Waals surface area contributed by atoms with E-state index in [1.54, 1.807) is 20.1 Å². The van der Waals surface area contributed by atoms with Crippen LogP contribution in [0.1, 0.15) is 36.5 Å². The third-order valence-electron chi connectivity index (χ3n) is 3.85. The first-order chi connectivity index (χ1) is 8.67. The molecule has 3 heteroatoms. The Bertz CT molecular complexity index is 425. The number of benzene rings is 1. The molecule has 18 heavy (non-hydrogen) atoms. The van der Waals surface area contributed by atoms with Crippen LogP contribution in [0.2, 0.25) is 0 Å². The molecule has 1 fully saturated rings. The smallest absolute Gasteiger partial charge is 0.130 e. The van der Waals surface area contributed by atoms with E-state index in [0.29, 0.717) is 11.6 Å². The first-order valence-electron chi connectivity index (χ1n) is 6.75. The van der Waals surface area contributed by atoms with E-state index in [1.165, 1.54) is 12.8 Å². The lowest BCUT2D eigenvalue weighted by Crippen LogP contribution is -2.24. The van der Waals surface area contributed by atoms with Crippen molar-refractivity contribution in [3.8, 4) is 5.75 Å². The number of hydrogen-bond acceptors (Lipinski definition) is 2. The molecule has 1 N–H and O–H groups in total. The van der Waals surface area contributed by atoms with Crippen LogP contribution in [0.5, 0.6) is 5.75 Å². The minimum atomic E-state index is -0.156. The summed E-state index contributed by atoms with van der Waals surface area (Å²) < 4.78 is 19.3. The molecule has 1 aromatic carbocycles. The molecule has 1 heterocycles. The van der Waals surface area contributed by atoms with Crippen molar-refractivity contribution >= 4 is 0 Å². The predicted molar refractivity (Wildman–Crippen MR) is 71.8 cm³/mol. The van der Waals surface area contributed by atoms with Gasteiger partial charge in [0.15, 0.2) is 0 Å². The fourth-order valence-electron chi connectivity index (χ4n) is 2.87. The minimum absolute atomic E-state index is 0.156. The van der Waals surface area contributed by atoms with Crippen LogP contribution in [0.4, 0.5) is 4.39 Å². The second kappa shape index (κ2) is 5.70. The quantitative estimate of drug-likeness (QED) is 0.888. The maximum atomic E-state index is 13.9. The second-order valence-electron chi connectivity index (χ2n) is 5.01. The number of ether oxygens (including phenoxy) is 1. The molecule has 0 saturated carbocycles. The average Bonchev–Trinajstić information content (AvgIpc) is 2.86. The van der Waals surface area contributed by atoms with Crippen LogP contribution in [0.25, 0.3) is 0 Å². The SMILES string of the molecule is CCc1c(CC2CCCN2)cc(F)c(C)c1OC. The molecule has 1 aromatic rings. The topological polar surface area (TPSA) is 21.3 Å². The Kier molecular flexibility index (Phi) is 4.23. The summed E-state index contributed by atoms with van der Waals surface area (Å²) in [4.78, 5) is 0. The fourth-order valence-corrected chi connectivity index (χ4v) is 2.87. The molecule has 1 unspecified atom stereocenters. The molecule has 1 atom stereocenters. The summed E-state index contributed by atoms with van der Waals surface area (Å²) in [6.07, 6.45) is 4.18. The van der Waals surface area contributed by atoms with Crippen LogP contribution in [0.15, 0.2) is 6.07 Å². The summed E-state index contributed by atoms with van der Waals surface area (Å²) >= 11 is 0. The van der Waals surface area contributed by atoms with Gasteiger partial charge in [0.1, 0.15) is 11.6 Å². The minimum Gasteiger partial charge on any atom is -0.496 e. The Labute approximate surface area is 109 Å². The average molecular weight is 251 g/mol. The molecule has 0 radical (unpaired) electrons. The van der Waals surface area contributed by atoms with E-state index in [2.05, 4.69) is 12.2 Å². The maximum Gasteiger partial charge on any atom is 0.130 e. The standard InChI is InChI=1S/C15H22FNO/c1-4-13-11(8-12-6-5-7-17-12)9-14(16)10(2)15(13)18-3/h9,12,17H,4-8H2,1-3H3. The highest BCUT2D eigenvalue weighted by Crippen LogP contribution is 2.31. The van der Waals surface area contributed by atoms with E-state index >= 15 is 0 Å². The summed E-state index contributed by atoms with van der Waals surface area (Å²) in [5, 5.41) is 3.46. The van der Waals surface area contributed by atoms with Gasteiger partial charge in [0.2, 0.25) is 0 Å². The van der Waals surface area contributed by atoms with Crippen LogP contribution in [-0.4, -0.2) is 19.7 Å². The van der Waals surface area contributed by atoms with Gasteiger partial charge < -0.3 is 10.1 Å². The van der Waals surface area contributed by atoms with E-state index in [4.69, 9.17) is 4.74 Å². The number of nitrogens with one attached hydrogen (secondary N) is 1. The molecule has 0 aromatic heterocycles. The van der Waals surface area contributed by atoms with Crippen LogP contribution >= 0.6 is 0 Å². The van der Waals surface area contributed by atoms with E-state index in [9.17, 15) is 4.39 Å². The normalized spacial score (nSPS) is 19.2. The van der Waals surface area contributed by atoms with E-state index in [-0.39, 0.29) is 5.82 Å². The van der Waals surface area contributed by atoms with Gasteiger partial charge in [-0.25, -0.2) is 4.39 Å². The van der Waals surface area contributed by atoms with Crippen molar-refractivity contribution in [2.45, 2.75) is 45.6 Å². The van der Waals surface area contributed by atoms with Crippen molar-refractivity contribution in [1.29, 1.82) is 0 Å². The van der Waals surface area contributed by atoms with Gasteiger partial charge in [-0.1, -0.05) is 6.92 Å². The van der Waals surface area contributed by atoms with Gasteiger partial charge in [-0.15, -0.1) is 0 Å². The van der Waals surface area contributed by atoms with Crippen molar-refractivity contribution in [2.24, 2.45) is 0 Å². The second-order valence-corrected chi connectivity index (χ2v) is 5.01. The molecule has 2 nitrogen and oxygen atoms in total. The Morgan fingerprint density at radius 1 is 1.50 bits per heavy atom. The van der Waals surface area contributed by atoms with Gasteiger partial charge in [0.25, 0.3) is 0 Å². The van der Waals surface area contributed by atoms with Crippen LogP contribution in [0.3, 0.4) is 0 Å². The summed E-state index contributed by atoms with van der Waals surface area (Å²) in [6, 6.07) is 2.18. The largest absolute Gasteiger partial charge is 0.496 e. The van der Waals surface area contributed by atoms with Gasteiger partial charge in [0, 0.05) is 11.6 Å². The molecule has 1 saturated heterocycles. The molecule has 2 rings (SSSR count). The van der Waals surface area contributed by atoms with Gasteiger partial charge in [-0.2, -0.15) is 0 Å².